The third-order valence-corrected chi connectivity index (χ3v) is 12.4. The zero-order valence-electron chi connectivity index (χ0n) is 33.0. The van der Waals surface area contributed by atoms with E-state index in [0.29, 0.717) is 38.8 Å². The molecule has 6 atom stereocenters. The van der Waals surface area contributed by atoms with Gasteiger partial charge in [-0.3, -0.25) is 33.8 Å². The third kappa shape index (κ3) is 10.7. The molecule has 5 N–H and O–H groups in total. The van der Waals surface area contributed by atoms with Gasteiger partial charge in [-0.25, -0.2) is 0 Å². The molecule has 1 saturated heterocycles. The summed E-state index contributed by atoms with van der Waals surface area (Å²) >= 11 is 0. The Bertz CT molecular complexity index is 1410. The molecule has 5 rings (SSSR count). The molecule has 0 aromatic carbocycles. The Morgan fingerprint density at radius 2 is 1.57 bits per heavy atom. The minimum atomic E-state index is -0.968. The number of likely N-dealkylation sites (tertiary alicyclic amines) is 1. The van der Waals surface area contributed by atoms with Crippen molar-refractivity contribution >= 4 is 41.5 Å². The zero-order valence-corrected chi connectivity index (χ0v) is 33.0. The highest BCUT2D eigenvalue weighted by Crippen LogP contribution is 2.41. The van der Waals surface area contributed by atoms with Gasteiger partial charge in [0, 0.05) is 31.7 Å². The number of aliphatic imine (C=N–C) groups is 1. The first-order chi connectivity index (χ1) is 25.9. The Labute approximate surface area is 321 Å². The fourth-order valence-corrected chi connectivity index (χ4v) is 9.17. The quantitative estimate of drug-likeness (QED) is 0.141. The van der Waals surface area contributed by atoms with Gasteiger partial charge in [0.2, 0.25) is 29.4 Å². The van der Waals surface area contributed by atoms with Crippen molar-refractivity contribution in [1.29, 1.82) is 0 Å². The molecule has 2 heterocycles. The highest BCUT2D eigenvalue weighted by Gasteiger charge is 2.50. The maximum absolute atomic E-state index is 15.1. The van der Waals surface area contributed by atoms with E-state index in [0.717, 1.165) is 77.0 Å². The monoisotopic (exact) mass is 751 g/mol. The largest absolute Gasteiger partial charge is 0.374 e. The van der Waals surface area contributed by atoms with Crippen LogP contribution in [0.15, 0.2) is 17.4 Å². The molecule has 13 heteroatoms. The average molecular weight is 752 g/mol. The lowest BCUT2D eigenvalue weighted by Gasteiger charge is -2.43. The van der Waals surface area contributed by atoms with Gasteiger partial charge in [-0.2, -0.15) is 0 Å². The van der Waals surface area contributed by atoms with Crippen LogP contribution in [0.5, 0.6) is 0 Å². The van der Waals surface area contributed by atoms with Crippen LogP contribution in [0.1, 0.15) is 130 Å². The van der Waals surface area contributed by atoms with Crippen LogP contribution in [-0.4, -0.2) is 89.7 Å². The van der Waals surface area contributed by atoms with Crippen molar-refractivity contribution in [2.24, 2.45) is 34.1 Å². The summed E-state index contributed by atoms with van der Waals surface area (Å²) in [6, 6.07) is -4.27. The summed E-state index contributed by atoms with van der Waals surface area (Å²) in [4.78, 5) is 89.5. The number of amides is 5. The highest BCUT2D eigenvalue weighted by atomic mass is 16.2. The molecule has 54 heavy (non-hydrogen) atoms. The van der Waals surface area contributed by atoms with E-state index in [1.54, 1.807) is 17.3 Å². The van der Waals surface area contributed by atoms with E-state index in [-0.39, 0.29) is 41.4 Å². The number of carbonyl (C=O) groups is 6. The predicted octanol–water partition coefficient (Wildman–Crippen LogP) is 3.66. The minimum absolute atomic E-state index is 0.0788. The summed E-state index contributed by atoms with van der Waals surface area (Å²) in [6.07, 6.45) is 17.9. The van der Waals surface area contributed by atoms with E-state index < -0.39 is 53.2 Å². The van der Waals surface area contributed by atoms with Crippen LogP contribution in [-0.2, 0) is 28.8 Å². The van der Waals surface area contributed by atoms with Crippen molar-refractivity contribution in [1.82, 2.24) is 31.5 Å². The molecule has 5 amide bonds. The molecular weight excluding hydrogens is 686 g/mol. The average Bonchev–Trinajstić information content (AvgIpc) is 3.90. The Kier molecular flexibility index (Phi) is 14.7. The number of hydrogen-bond acceptors (Lipinski definition) is 8. The van der Waals surface area contributed by atoms with Gasteiger partial charge in [-0.1, -0.05) is 79.1 Å². The van der Waals surface area contributed by atoms with Crippen LogP contribution in [0, 0.1) is 29.1 Å². The molecule has 2 unspecified atom stereocenters. The fourth-order valence-electron chi connectivity index (χ4n) is 9.17. The van der Waals surface area contributed by atoms with E-state index >= 15 is 4.79 Å². The molecule has 3 aliphatic carbocycles. The maximum Gasteiger partial charge on any atom is 0.289 e. The fraction of sp³-hybridized carbons (Fsp3) is 0.780. The third-order valence-electron chi connectivity index (χ3n) is 12.4. The first kappa shape index (κ1) is 41.4. The van der Waals surface area contributed by atoms with Gasteiger partial charge < -0.3 is 31.5 Å². The second-order valence-corrected chi connectivity index (χ2v) is 17.3. The Morgan fingerprint density at radius 1 is 0.870 bits per heavy atom. The van der Waals surface area contributed by atoms with Gasteiger partial charge in [-0.05, 0) is 80.5 Å². The molecule has 0 bridgehead atoms. The van der Waals surface area contributed by atoms with Crippen molar-refractivity contribution in [3.63, 3.8) is 0 Å². The lowest BCUT2D eigenvalue weighted by Crippen LogP contribution is -2.64. The minimum Gasteiger partial charge on any atom is -0.374 e. The number of carbonyl (C=O) groups excluding carboxylic acids is 6. The van der Waals surface area contributed by atoms with Gasteiger partial charge in [-0.15, -0.1) is 0 Å². The van der Waals surface area contributed by atoms with Crippen molar-refractivity contribution in [2.45, 2.75) is 161 Å². The summed E-state index contributed by atoms with van der Waals surface area (Å²) in [7, 11) is 0. The molecule has 0 aromatic rings. The van der Waals surface area contributed by atoms with Crippen LogP contribution in [0.25, 0.3) is 0 Å². The van der Waals surface area contributed by atoms with Crippen molar-refractivity contribution < 1.29 is 28.8 Å². The SMILES string of the molecule is CCCNC(=O)C(=O)C(CC1CC1)NC(=O)[C@@H]1[C@@H](CC(C)C)CCN1C(=O)[C@@H](NC(=O)[C@@H](NC(=O)C1C=NC=CN1)C1CCCCC1)C1(C)CCCCC1. The van der Waals surface area contributed by atoms with E-state index in [1.807, 2.05) is 6.92 Å². The van der Waals surface area contributed by atoms with Gasteiger partial charge in [0.15, 0.2) is 0 Å². The standard InChI is InChI=1S/C41H65N7O6/c1-5-19-44-39(53)34(49)30(24-27-14-15-27)45-38(52)33-29(23-26(2)3)16-22-48(33)40(54)35(41(4)17-10-7-11-18-41)47-37(51)32(28-12-8-6-9-13-28)46-36(50)31-25-42-20-21-43-31/h20-21,25-33,35,43H,5-19,22-24H2,1-4H3,(H,44,53)(H,45,52)(H,46,50)(H,47,51)/t29-,30?,31?,32+,33+,35-/m1/s1. The lowest BCUT2D eigenvalue weighted by molar-refractivity contribution is -0.147. The van der Waals surface area contributed by atoms with Crippen molar-refractivity contribution in [3.05, 3.63) is 12.4 Å². The van der Waals surface area contributed by atoms with E-state index in [1.165, 1.54) is 6.21 Å². The Hall–Kier alpha value is -3.77. The molecule has 0 aromatic heterocycles. The van der Waals surface area contributed by atoms with Crippen molar-refractivity contribution in [3.8, 4) is 0 Å². The van der Waals surface area contributed by atoms with Gasteiger partial charge in [0.1, 0.15) is 24.2 Å². The number of nitrogens with zero attached hydrogens (tertiary/aromatic N) is 2. The predicted molar refractivity (Wildman–Crippen MR) is 207 cm³/mol. The van der Waals surface area contributed by atoms with Gasteiger partial charge in [0.25, 0.3) is 5.91 Å². The first-order valence-corrected chi connectivity index (χ1v) is 20.9. The summed E-state index contributed by atoms with van der Waals surface area (Å²) in [6.45, 7) is 8.87. The van der Waals surface area contributed by atoms with Crippen LogP contribution in [0.2, 0.25) is 0 Å². The smallest absolute Gasteiger partial charge is 0.289 e. The topological polar surface area (TPSA) is 178 Å². The van der Waals surface area contributed by atoms with Crippen molar-refractivity contribution in [2.75, 3.05) is 13.1 Å². The lowest BCUT2D eigenvalue weighted by atomic mass is 9.69. The Morgan fingerprint density at radius 3 is 2.20 bits per heavy atom. The zero-order chi connectivity index (χ0) is 38.8. The van der Waals surface area contributed by atoms with E-state index in [4.69, 9.17) is 0 Å². The van der Waals surface area contributed by atoms with Crippen LogP contribution >= 0.6 is 0 Å². The van der Waals surface area contributed by atoms with E-state index in [2.05, 4.69) is 52.3 Å². The normalized spacial score (nSPS) is 25.6. The summed E-state index contributed by atoms with van der Waals surface area (Å²) in [5.74, 6) is -2.50. The second kappa shape index (κ2) is 19.2. The number of hydrogen-bond donors (Lipinski definition) is 5. The number of nitrogens with one attached hydrogen (secondary N) is 5. The number of ketones is 1. The summed E-state index contributed by atoms with van der Waals surface area (Å²) < 4.78 is 0. The van der Waals surface area contributed by atoms with Crippen LogP contribution in [0.4, 0.5) is 0 Å². The first-order valence-electron chi connectivity index (χ1n) is 20.9. The van der Waals surface area contributed by atoms with Gasteiger partial charge >= 0.3 is 0 Å². The Balaban J connectivity index is 1.41. The molecular formula is C41H65N7O6. The summed E-state index contributed by atoms with van der Waals surface area (Å²) in [5, 5.41) is 14.8. The number of Topliss-reactive ketones (excluding diaryl/α,β-unsaturated/α-hetero) is 1. The van der Waals surface area contributed by atoms with Crippen LogP contribution in [0.3, 0.4) is 0 Å². The molecule has 300 valence electrons. The van der Waals surface area contributed by atoms with Crippen LogP contribution < -0.4 is 26.6 Å². The summed E-state index contributed by atoms with van der Waals surface area (Å²) in [5.41, 5.74) is -0.562. The molecule has 5 aliphatic rings. The van der Waals surface area contributed by atoms with E-state index in [9.17, 15) is 24.0 Å². The molecule has 4 fully saturated rings. The molecule has 2 aliphatic heterocycles. The highest BCUT2D eigenvalue weighted by molar-refractivity contribution is 6.38. The molecule has 3 saturated carbocycles. The second-order valence-electron chi connectivity index (χ2n) is 17.3. The molecule has 0 spiro atoms. The number of rotatable bonds is 17. The molecule has 0 radical (unpaired) electrons. The molecule has 13 nitrogen and oxygen atoms in total. The maximum atomic E-state index is 15.1. The van der Waals surface area contributed by atoms with Gasteiger partial charge in [0.05, 0.1) is 6.04 Å².